The Morgan fingerprint density at radius 1 is 1.36 bits per heavy atom. The van der Waals surface area contributed by atoms with Crippen molar-refractivity contribution >= 4 is 0 Å². The number of rotatable bonds is 3. The molecule has 5 nitrogen and oxygen atoms in total. The van der Waals surface area contributed by atoms with Gasteiger partial charge in [-0.1, -0.05) is 11.3 Å². The molecule has 0 amide bonds. The molecule has 2 N–H and O–H groups in total. The second-order valence-electron chi connectivity index (χ2n) is 5.09. The molecule has 3 rings (SSSR count). The molecule has 8 heteroatoms. The molecule has 1 aliphatic heterocycles. The van der Waals surface area contributed by atoms with Crippen molar-refractivity contribution in [2.45, 2.75) is 31.7 Å². The summed E-state index contributed by atoms with van der Waals surface area (Å²) in [6.07, 6.45) is -2.97. The van der Waals surface area contributed by atoms with Gasteiger partial charge in [0.2, 0.25) is 0 Å². The van der Waals surface area contributed by atoms with Crippen molar-refractivity contribution < 1.29 is 17.9 Å². The van der Waals surface area contributed by atoms with Gasteiger partial charge in [-0.25, -0.2) is 4.68 Å². The first-order chi connectivity index (χ1) is 10.5. The molecular weight excluding hydrogens is 297 g/mol. The van der Waals surface area contributed by atoms with E-state index < -0.39 is 11.7 Å². The largest absolute Gasteiger partial charge is 0.416 e. The standard InChI is InChI=1S/C14H15F3N4O/c15-14(16,17)9-3-1-4-10(7-9)21-13(11(8-18)19-20-21)12-5-2-6-22-12/h1,3-4,7,12H,2,5-6,8,18H2. The zero-order valence-electron chi connectivity index (χ0n) is 11.7. The molecule has 0 radical (unpaired) electrons. The van der Waals surface area contributed by atoms with E-state index in [4.69, 9.17) is 10.5 Å². The predicted octanol–water partition coefficient (Wildman–Crippen LogP) is 2.60. The Morgan fingerprint density at radius 2 is 2.18 bits per heavy atom. The molecule has 0 spiro atoms. The lowest BCUT2D eigenvalue weighted by atomic mass is 10.1. The summed E-state index contributed by atoms with van der Waals surface area (Å²) in [5.74, 6) is 0. The third-order valence-electron chi connectivity index (χ3n) is 3.62. The van der Waals surface area contributed by atoms with Gasteiger partial charge in [0.1, 0.15) is 11.8 Å². The second-order valence-corrected chi connectivity index (χ2v) is 5.09. The molecule has 22 heavy (non-hydrogen) atoms. The fraction of sp³-hybridized carbons (Fsp3) is 0.429. The van der Waals surface area contributed by atoms with Crippen LogP contribution in [0.15, 0.2) is 24.3 Å². The fourth-order valence-corrected chi connectivity index (χ4v) is 2.59. The van der Waals surface area contributed by atoms with Crippen LogP contribution in [-0.2, 0) is 17.5 Å². The quantitative estimate of drug-likeness (QED) is 0.946. The summed E-state index contributed by atoms with van der Waals surface area (Å²) in [6, 6.07) is 4.98. The highest BCUT2D eigenvalue weighted by Gasteiger charge is 2.32. The molecule has 1 aliphatic rings. The highest BCUT2D eigenvalue weighted by Crippen LogP contribution is 2.33. The molecule has 2 heterocycles. The molecule has 1 fully saturated rings. The average molecular weight is 312 g/mol. The summed E-state index contributed by atoms with van der Waals surface area (Å²) in [6.45, 7) is 0.774. The molecule has 1 saturated heterocycles. The summed E-state index contributed by atoms with van der Waals surface area (Å²) >= 11 is 0. The van der Waals surface area contributed by atoms with Gasteiger partial charge in [0.05, 0.1) is 16.9 Å². The maximum Gasteiger partial charge on any atom is 0.416 e. The van der Waals surface area contributed by atoms with Crippen LogP contribution < -0.4 is 5.73 Å². The molecule has 1 unspecified atom stereocenters. The third-order valence-corrected chi connectivity index (χ3v) is 3.62. The van der Waals surface area contributed by atoms with Gasteiger partial charge in [-0.3, -0.25) is 0 Å². The van der Waals surface area contributed by atoms with E-state index in [9.17, 15) is 13.2 Å². The SMILES string of the molecule is NCc1nnn(-c2cccc(C(F)(F)F)c2)c1C1CCCO1. The number of benzene rings is 1. The van der Waals surface area contributed by atoms with Gasteiger partial charge in [-0.2, -0.15) is 13.2 Å². The lowest BCUT2D eigenvalue weighted by Crippen LogP contribution is -2.12. The third kappa shape index (κ3) is 2.71. The van der Waals surface area contributed by atoms with Gasteiger partial charge in [-0.15, -0.1) is 5.10 Å². The van der Waals surface area contributed by atoms with Gasteiger partial charge >= 0.3 is 6.18 Å². The molecule has 1 aromatic carbocycles. The first-order valence-electron chi connectivity index (χ1n) is 6.94. The van der Waals surface area contributed by atoms with E-state index in [-0.39, 0.29) is 12.6 Å². The Morgan fingerprint density at radius 3 is 2.82 bits per heavy atom. The number of hydrogen-bond acceptors (Lipinski definition) is 4. The van der Waals surface area contributed by atoms with Crippen molar-refractivity contribution in [3.05, 3.63) is 41.2 Å². The molecule has 2 aromatic rings. The fourth-order valence-electron chi connectivity index (χ4n) is 2.59. The second kappa shape index (κ2) is 5.69. The van der Waals surface area contributed by atoms with Crippen LogP contribution in [0.4, 0.5) is 13.2 Å². The van der Waals surface area contributed by atoms with Crippen molar-refractivity contribution in [1.82, 2.24) is 15.0 Å². The van der Waals surface area contributed by atoms with E-state index in [2.05, 4.69) is 10.3 Å². The van der Waals surface area contributed by atoms with Crippen molar-refractivity contribution in [1.29, 1.82) is 0 Å². The van der Waals surface area contributed by atoms with Gasteiger partial charge < -0.3 is 10.5 Å². The Hall–Kier alpha value is -1.93. The Balaban J connectivity index is 2.07. The molecule has 0 saturated carbocycles. The van der Waals surface area contributed by atoms with Crippen LogP contribution in [0, 0.1) is 0 Å². The van der Waals surface area contributed by atoms with Crippen LogP contribution in [0.2, 0.25) is 0 Å². The summed E-state index contributed by atoms with van der Waals surface area (Å²) in [4.78, 5) is 0. The minimum atomic E-state index is -4.41. The minimum absolute atomic E-state index is 0.161. The Kier molecular flexibility index (Phi) is 3.88. The summed E-state index contributed by atoms with van der Waals surface area (Å²) < 4.78 is 45.6. The van der Waals surface area contributed by atoms with Gasteiger partial charge in [0.25, 0.3) is 0 Å². The van der Waals surface area contributed by atoms with Gasteiger partial charge in [0, 0.05) is 13.2 Å². The molecule has 0 bridgehead atoms. The van der Waals surface area contributed by atoms with Crippen LogP contribution in [0.5, 0.6) is 0 Å². The lowest BCUT2D eigenvalue weighted by Gasteiger charge is -2.14. The number of halogens is 3. The van der Waals surface area contributed by atoms with E-state index in [0.717, 1.165) is 25.0 Å². The molecule has 118 valence electrons. The highest BCUT2D eigenvalue weighted by molar-refractivity contribution is 5.38. The van der Waals surface area contributed by atoms with Crippen LogP contribution in [0.25, 0.3) is 5.69 Å². The van der Waals surface area contributed by atoms with Crippen LogP contribution >= 0.6 is 0 Å². The number of aromatic nitrogens is 3. The van der Waals surface area contributed by atoms with E-state index in [1.807, 2.05) is 0 Å². The number of ether oxygens (including phenoxy) is 1. The van der Waals surface area contributed by atoms with Crippen molar-refractivity contribution in [2.24, 2.45) is 5.73 Å². The van der Waals surface area contributed by atoms with Crippen molar-refractivity contribution in [2.75, 3.05) is 6.61 Å². The Labute approximate surface area is 124 Å². The number of alkyl halides is 3. The summed E-state index contributed by atoms with van der Waals surface area (Å²) in [5, 5.41) is 7.94. The smallest absolute Gasteiger partial charge is 0.372 e. The average Bonchev–Trinajstić information content (AvgIpc) is 3.15. The maximum absolute atomic E-state index is 12.9. The molecule has 1 aromatic heterocycles. The normalized spacial score (nSPS) is 18.8. The molecule has 0 aliphatic carbocycles. The molecular formula is C14H15F3N4O. The van der Waals surface area contributed by atoms with E-state index >= 15 is 0 Å². The van der Waals surface area contributed by atoms with E-state index in [1.165, 1.54) is 10.7 Å². The van der Waals surface area contributed by atoms with Gasteiger partial charge in [-0.05, 0) is 31.0 Å². The zero-order valence-corrected chi connectivity index (χ0v) is 11.7. The number of nitrogens with zero attached hydrogens (tertiary/aromatic N) is 3. The maximum atomic E-state index is 12.9. The van der Waals surface area contributed by atoms with E-state index in [0.29, 0.717) is 23.7 Å². The minimum Gasteiger partial charge on any atom is -0.372 e. The number of nitrogens with two attached hydrogens (primary N) is 1. The lowest BCUT2D eigenvalue weighted by molar-refractivity contribution is -0.137. The monoisotopic (exact) mass is 312 g/mol. The number of hydrogen-bond donors (Lipinski definition) is 1. The van der Waals surface area contributed by atoms with Crippen LogP contribution in [0.1, 0.15) is 35.9 Å². The zero-order chi connectivity index (χ0) is 15.7. The Bertz CT molecular complexity index is 662. The van der Waals surface area contributed by atoms with Crippen molar-refractivity contribution in [3.8, 4) is 5.69 Å². The first-order valence-corrected chi connectivity index (χ1v) is 6.94. The molecule has 1 atom stereocenters. The van der Waals surface area contributed by atoms with Crippen LogP contribution in [0.3, 0.4) is 0 Å². The highest BCUT2D eigenvalue weighted by atomic mass is 19.4. The summed E-state index contributed by atoms with van der Waals surface area (Å²) in [7, 11) is 0. The predicted molar refractivity (Wildman–Crippen MR) is 72.2 cm³/mol. The topological polar surface area (TPSA) is 66.0 Å². The van der Waals surface area contributed by atoms with Crippen molar-refractivity contribution in [3.63, 3.8) is 0 Å². The van der Waals surface area contributed by atoms with Crippen LogP contribution in [-0.4, -0.2) is 21.6 Å². The first kappa shape index (κ1) is 15.0. The van der Waals surface area contributed by atoms with Gasteiger partial charge in [0.15, 0.2) is 0 Å². The van der Waals surface area contributed by atoms with E-state index in [1.54, 1.807) is 6.07 Å². The summed E-state index contributed by atoms with van der Waals surface area (Å²) in [5.41, 5.74) is 6.41.